The van der Waals surface area contributed by atoms with Crippen molar-refractivity contribution in [2.75, 3.05) is 13.2 Å². The first-order valence-corrected chi connectivity index (χ1v) is 7.10. The molecule has 1 aromatic carbocycles. The summed E-state index contributed by atoms with van der Waals surface area (Å²) in [7, 11) is 0. The summed E-state index contributed by atoms with van der Waals surface area (Å²) in [6, 6.07) is 5.75. The molecule has 1 atom stereocenters. The molecule has 18 heavy (non-hydrogen) atoms. The third-order valence-electron chi connectivity index (χ3n) is 3.45. The van der Waals surface area contributed by atoms with Crippen molar-refractivity contribution in [2.24, 2.45) is 0 Å². The second-order valence-electron chi connectivity index (χ2n) is 4.81. The van der Waals surface area contributed by atoms with Crippen LogP contribution < -0.4 is 0 Å². The lowest BCUT2D eigenvalue weighted by molar-refractivity contribution is 0.0502. The van der Waals surface area contributed by atoms with Gasteiger partial charge in [0.25, 0.3) is 5.91 Å². The zero-order valence-corrected chi connectivity index (χ0v) is 12.1. The van der Waals surface area contributed by atoms with Crippen LogP contribution in [0.2, 0.25) is 0 Å². The van der Waals surface area contributed by atoms with Gasteiger partial charge in [-0.3, -0.25) is 4.79 Å². The fraction of sp³-hybridized carbons (Fsp3) is 0.500. The lowest BCUT2D eigenvalue weighted by Gasteiger charge is -2.35. The number of hydrogen-bond acceptors (Lipinski definition) is 2. The molecule has 0 aromatic heterocycles. The zero-order valence-electron chi connectivity index (χ0n) is 10.5. The number of likely N-dealkylation sites (tertiary alicyclic amines) is 1. The van der Waals surface area contributed by atoms with Crippen molar-refractivity contribution in [1.29, 1.82) is 0 Å². The van der Waals surface area contributed by atoms with Crippen molar-refractivity contribution in [1.82, 2.24) is 4.90 Å². The first kappa shape index (κ1) is 13.6. The Hall–Kier alpha value is -0.870. The predicted molar refractivity (Wildman–Crippen MR) is 74.6 cm³/mol. The molecule has 4 heteroatoms. The smallest absolute Gasteiger partial charge is 0.255 e. The molecule has 1 aliphatic rings. The van der Waals surface area contributed by atoms with E-state index in [0.717, 1.165) is 35.8 Å². The van der Waals surface area contributed by atoms with Crippen LogP contribution in [0.4, 0.5) is 0 Å². The first-order chi connectivity index (χ1) is 8.63. The minimum absolute atomic E-state index is 0.0179. The Morgan fingerprint density at radius 3 is 3.00 bits per heavy atom. The van der Waals surface area contributed by atoms with Crippen LogP contribution in [0.5, 0.6) is 0 Å². The molecule has 1 unspecified atom stereocenters. The molecule has 1 heterocycles. The molecule has 2 rings (SSSR count). The van der Waals surface area contributed by atoms with Gasteiger partial charge in [0, 0.05) is 11.0 Å². The fourth-order valence-corrected chi connectivity index (χ4v) is 2.83. The monoisotopic (exact) mass is 311 g/mol. The summed E-state index contributed by atoms with van der Waals surface area (Å²) in [5.41, 5.74) is 1.76. The molecule has 1 amide bonds. The van der Waals surface area contributed by atoms with E-state index < -0.39 is 0 Å². The Morgan fingerprint density at radius 2 is 2.28 bits per heavy atom. The molecule has 1 N–H and O–H groups in total. The van der Waals surface area contributed by atoms with E-state index in [1.54, 1.807) is 0 Å². The number of aliphatic hydroxyl groups excluding tert-OH is 1. The van der Waals surface area contributed by atoms with E-state index in [1.807, 2.05) is 30.0 Å². The number of rotatable bonds is 2. The Morgan fingerprint density at radius 1 is 1.50 bits per heavy atom. The number of piperidine rings is 1. The summed E-state index contributed by atoms with van der Waals surface area (Å²) in [5.74, 6) is 0.0179. The van der Waals surface area contributed by atoms with Gasteiger partial charge in [-0.25, -0.2) is 0 Å². The van der Waals surface area contributed by atoms with Crippen molar-refractivity contribution < 1.29 is 9.90 Å². The van der Waals surface area contributed by atoms with Crippen molar-refractivity contribution in [2.45, 2.75) is 32.2 Å². The number of halogens is 1. The molecule has 1 aromatic rings. The maximum absolute atomic E-state index is 12.5. The summed E-state index contributed by atoms with van der Waals surface area (Å²) in [4.78, 5) is 14.3. The van der Waals surface area contributed by atoms with Crippen molar-refractivity contribution >= 4 is 21.8 Å². The average Bonchev–Trinajstić information content (AvgIpc) is 2.40. The van der Waals surface area contributed by atoms with Gasteiger partial charge < -0.3 is 10.0 Å². The number of benzene rings is 1. The van der Waals surface area contributed by atoms with Crippen LogP contribution in [0.15, 0.2) is 22.7 Å². The Kier molecular flexibility index (Phi) is 4.40. The van der Waals surface area contributed by atoms with Gasteiger partial charge in [-0.1, -0.05) is 11.6 Å². The van der Waals surface area contributed by atoms with Gasteiger partial charge in [0.1, 0.15) is 0 Å². The Bertz CT molecular complexity index is 447. The van der Waals surface area contributed by atoms with Gasteiger partial charge in [0.2, 0.25) is 0 Å². The average molecular weight is 312 g/mol. The molecule has 0 radical (unpaired) electrons. The highest BCUT2D eigenvalue weighted by atomic mass is 79.9. The van der Waals surface area contributed by atoms with Gasteiger partial charge in [0.15, 0.2) is 0 Å². The molecule has 0 aliphatic carbocycles. The van der Waals surface area contributed by atoms with Crippen molar-refractivity contribution in [3.63, 3.8) is 0 Å². The van der Waals surface area contributed by atoms with E-state index in [0.29, 0.717) is 5.56 Å². The van der Waals surface area contributed by atoms with E-state index in [4.69, 9.17) is 0 Å². The molecule has 0 bridgehead atoms. The van der Waals surface area contributed by atoms with Gasteiger partial charge in [-0.15, -0.1) is 0 Å². The van der Waals surface area contributed by atoms with Crippen molar-refractivity contribution in [3.05, 3.63) is 33.8 Å². The van der Waals surface area contributed by atoms with Gasteiger partial charge in [-0.2, -0.15) is 0 Å². The highest BCUT2D eigenvalue weighted by molar-refractivity contribution is 9.10. The minimum atomic E-state index is -0.0290. The number of carbonyl (C=O) groups is 1. The normalized spacial score (nSPS) is 19.9. The standard InChI is InChI=1S/C14H18BrNO2/c1-10-5-6-13(15)12(8-10)14(18)16-7-3-2-4-11(16)9-17/h5-6,8,11,17H,2-4,7,9H2,1H3. The Balaban J connectivity index is 2.26. The molecule has 1 saturated heterocycles. The molecular weight excluding hydrogens is 294 g/mol. The molecule has 1 fully saturated rings. The number of aliphatic hydroxyl groups is 1. The lowest BCUT2D eigenvalue weighted by atomic mass is 10.0. The lowest BCUT2D eigenvalue weighted by Crippen LogP contribution is -2.45. The number of amides is 1. The summed E-state index contributed by atoms with van der Waals surface area (Å²) in [6.45, 7) is 2.77. The molecule has 98 valence electrons. The van der Waals surface area contributed by atoms with Crippen LogP contribution >= 0.6 is 15.9 Å². The Labute approximate surface area is 116 Å². The number of nitrogens with zero attached hydrogens (tertiary/aromatic N) is 1. The summed E-state index contributed by atoms with van der Waals surface area (Å²) in [6.07, 6.45) is 3.00. The van der Waals surface area contributed by atoms with E-state index in [2.05, 4.69) is 15.9 Å². The fourth-order valence-electron chi connectivity index (χ4n) is 2.42. The minimum Gasteiger partial charge on any atom is -0.394 e. The van der Waals surface area contributed by atoms with Crippen molar-refractivity contribution in [3.8, 4) is 0 Å². The van der Waals surface area contributed by atoms with Crippen LogP contribution in [0, 0.1) is 6.92 Å². The third-order valence-corrected chi connectivity index (χ3v) is 4.14. The molecule has 1 aliphatic heterocycles. The number of carbonyl (C=O) groups excluding carboxylic acids is 1. The van der Waals surface area contributed by atoms with E-state index in [1.165, 1.54) is 0 Å². The van der Waals surface area contributed by atoms with E-state index in [-0.39, 0.29) is 18.6 Å². The van der Waals surface area contributed by atoms with Gasteiger partial charge in [-0.05, 0) is 54.2 Å². The van der Waals surface area contributed by atoms with E-state index in [9.17, 15) is 9.90 Å². The van der Waals surface area contributed by atoms with Crippen LogP contribution in [0.25, 0.3) is 0 Å². The molecule has 0 spiro atoms. The van der Waals surface area contributed by atoms with Gasteiger partial charge in [0.05, 0.1) is 18.2 Å². The topological polar surface area (TPSA) is 40.5 Å². The van der Waals surface area contributed by atoms with Crippen LogP contribution in [0.3, 0.4) is 0 Å². The third kappa shape index (κ3) is 2.75. The van der Waals surface area contributed by atoms with Crippen LogP contribution in [-0.2, 0) is 0 Å². The number of hydrogen-bond donors (Lipinski definition) is 1. The summed E-state index contributed by atoms with van der Waals surface area (Å²) in [5, 5.41) is 9.38. The van der Waals surface area contributed by atoms with Crippen LogP contribution in [-0.4, -0.2) is 35.1 Å². The summed E-state index contributed by atoms with van der Waals surface area (Å²) >= 11 is 3.43. The second kappa shape index (κ2) is 5.85. The first-order valence-electron chi connectivity index (χ1n) is 6.31. The molecule has 3 nitrogen and oxygen atoms in total. The maximum atomic E-state index is 12.5. The molecule has 0 saturated carbocycles. The largest absolute Gasteiger partial charge is 0.394 e. The SMILES string of the molecule is Cc1ccc(Br)c(C(=O)N2CCCCC2CO)c1. The number of aryl methyl sites for hydroxylation is 1. The summed E-state index contributed by atoms with van der Waals surface area (Å²) < 4.78 is 0.820. The highest BCUT2D eigenvalue weighted by Gasteiger charge is 2.27. The quantitative estimate of drug-likeness (QED) is 0.912. The predicted octanol–water partition coefficient (Wildman–Crippen LogP) is 2.74. The molecular formula is C14H18BrNO2. The zero-order chi connectivity index (χ0) is 13.1. The highest BCUT2D eigenvalue weighted by Crippen LogP contribution is 2.24. The van der Waals surface area contributed by atoms with Gasteiger partial charge >= 0.3 is 0 Å². The second-order valence-corrected chi connectivity index (χ2v) is 5.67. The maximum Gasteiger partial charge on any atom is 0.255 e. The van der Waals surface area contributed by atoms with Crippen LogP contribution in [0.1, 0.15) is 35.2 Å². The van der Waals surface area contributed by atoms with E-state index >= 15 is 0 Å².